The number of hydrogen-bond donors (Lipinski definition) is 0. The van der Waals surface area contributed by atoms with Gasteiger partial charge in [-0.05, 0) is 17.8 Å². The maximum Gasteiger partial charge on any atom is -0.0391 e. The smallest absolute Gasteiger partial charge is 0.0391 e. The van der Waals surface area contributed by atoms with Crippen molar-refractivity contribution in [3.63, 3.8) is 0 Å². The van der Waals surface area contributed by atoms with E-state index in [-0.39, 0.29) is 0 Å². The first-order chi connectivity index (χ1) is 6.57. The minimum Gasteiger partial charge on any atom is -0.0654 e. The average Bonchev–Trinajstić information content (AvgIpc) is 2.09. The Kier molecular flexibility index (Phi) is 8.32. The normalized spacial score (nSPS) is 13.9. The summed E-state index contributed by atoms with van der Waals surface area (Å²) in [6.45, 7) is 11.7. The minimum absolute atomic E-state index is 0.883. The molecule has 0 heteroatoms. The SMILES string of the molecule is CCCCC(CCCC(C)C)C(C)C. The molecule has 0 aliphatic rings. The van der Waals surface area contributed by atoms with E-state index in [9.17, 15) is 0 Å². The molecule has 0 saturated carbocycles. The molecule has 0 heterocycles. The van der Waals surface area contributed by atoms with Gasteiger partial charge in [0, 0.05) is 0 Å². The molecule has 0 fully saturated rings. The third-order valence-electron chi connectivity index (χ3n) is 3.23. The Hall–Kier alpha value is 0. The summed E-state index contributed by atoms with van der Waals surface area (Å²) in [5.74, 6) is 2.75. The molecule has 0 saturated heterocycles. The largest absolute Gasteiger partial charge is 0.0654 e. The van der Waals surface area contributed by atoms with Crippen LogP contribution in [0.4, 0.5) is 0 Å². The molecule has 1 unspecified atom stereocenters. The molecule has 0 aromatic carbocycles. The highest BCUT2D eigenvalue weighted by Gasteiger charge is 2.12. The molecule has 0 spiro atoms. The van der Waals surface area contributed by atoms with Crippen molar-refractivity contribution in [1.82, 2.24) is 0 Å². The van der Waals surface area contributed by atoms with Gasteiger partial charge >= 0.3 is 0 Å². The third kappa shape index (κ3) is 7.41. The van der Waals surface area contributed by atoms with Crippen LogP contribution in [0.2, 0.25) is 0 Å². The topological polar surface area (TPSA) is 0 Å². The molecule has 0 bridgehead atoms. The van der Waals surface area contributed by atoms with Crippen molar-refractivity contribution < 1.29 is 0 Å². The second kappa shape index (κ2) is 8.32. The number of rotatable bonds is 8. The zero-order chi connectivity index (χ0) is 11.0. The van der Waals surface area contributed by atoms with Crippen LogP contribution in [0.3, 0.4) is 0 Å². The molecule has 0 aliphatic carbocycles. The van der Waals surface area contributed by atoms with Crippen LogP contribution in [-0.2, 0) is 0 Å². The highest BCUT2D eigenvalue weighted by Crippen LogP contribution is 2.24. The standard InChI is InChI=1S/C14H30/c1-6-7-10-14(13(4)5)11-8-9-12(2)3/h12-14H,6-11H2,1-5H3. The molecule has 0 aromatic heterocycles. The summed E-state index contributed by atoms with van der Waals surface area (Å²) in [7, 11) is 0. The van der Waals surface area contributed by atoms with E-state index < -0.39 is 0 Å². The van der Waals surface area contributed by atoms with Crippen LogP contribution in [0.25, 0.3) is 0 Å². The van der Waals surface area contributed by atoms with Crippen molar-refractivity contribution in [2.45, 2.75) is 73.1 Å². The summed E-state index contributed by atoms with van der Waals surface area (Å²) in [4.78, 5) is 0. The highest BCUT2D eigenvalue weighted by molar-refractivity contribution is 4.64. The maximum absolute atomic E-state index is 2.38. The molecule has 0 N–H and O–H groups in total. The van der Waals surface area contributed by atoms with Gasteiger partial charge in [-0.3, -0.25) is 0 Å². The van der Waals surface area contributed by atoms with E-state index in [0.29, 0.717) is 0 Å². The van der Waals surface area contributed by atoms with Gasteiger partial charge in [-0.25, -0.2) is 0 Å². The van der Waals surface area contributed by atoms with Gasteiger partial charge in [-0.15, -0.1) is 0 Å². The van der Waals surface area contributed by atoms with Crippen LogP contribution >= 0.6 is 0 Å². The van der Waals surface area contributed by atoms with Crippen LogP contribution in [0, 0.1) is 17.8 Å². The van der Waals surface area contributed by atoms with Gasteiger partial charge in [-0.2, -0.15) is 0 Å². The van der Waals surface area contributed by atoms with Crippen molar-refractivity contribution in [2.75, 3.05) is 0 Å². The van der Waals surface area contributed by atoms with Gasteiger partial charge in [0.15, 0.2) is 0 Å². The summed E-state index contributed by atoms with van der Waals surface area (Å²) in [5, 5.41) is 0. The van der Waals surface area contributed by atoms with E-state index in [0.717, 1.165) is 17.8 Å². The van der Waals surface area contributed by atoms with Crippen LogP contribution in [0.1, 0.15) is 73.1 Å². The number of hydrogen-bond acceptors (Lipinski definition) is 0. The zero-order valence-corrected chi connectivity index (χ0v) is 11.0. The lowest BCUT2D eigenvalue weighted by Gasteiger charge is -2.20. The van der Waals surface area contributed by atoms with Crippen molar-refractivity contribution in [1.29, 1.82) is 0 Å². The Bertz CT molecular complexity index is 113. The summed E-state index contributed by atoms with van der Waals surface area (Å²) in [5.41, 5.74) is 0. The lowest BCUT2D eigenvalue weighted by Crippen LogP contribution is -2.09. The van der Waals surface area contributed by atoms with Crippen molar-refractivity contribution in [3.8, 4) is 0 Å². The quantitative estimate of drug-likeness (QED) is 0.498. The molecule has 86 valence electrons. The Balaban J connectivity index is 3.62. The van der Waals surface area contributed by atoms with E-state index >= 15 is 0 Å². The van der Waals surface area contributed by atoms with E-state index in [1.165, 1.54) is 38.5 Å². The summed E-state index contributed by atoms with van der Waals surface area (Å²) < 4.78 is 0. The van der Waals surface area contributed by atoms with Gasteiger partial charge in [0.1, 0.15) is 0 Å². The Morgan fingerprint density at radius 1 is 0.786 bits per heavy atom. The van der Waals surface area contributed by atoms with Gasteiger partial charge in [0.25, 0.3) is 0 Å². The second-order valence-corrected chi connectivity index (χ2v) is 5.47. The molecular formula is C14H30. The molecule has 0 nitrogen and oxygen atoms in total. The monoisotopic (exact) mass is 198 g/mol. The first-order valence-electron chi connectivity index (χ1n) is 6.57. The molecule has 0 rings (SSSR count). The van der Waals surface area contributed by atoms with Crippen LogP contribution in [0.5, 0.6) is 0 Å². The number of unbranched alkanes of at least 4 members (excludes halogenated alkanes) is 1. The van der Waals surface area contributed by atoms with Crippen LogP contribution in [-0.4, -0.2) is 0 Å². The van der Waals surface area contributed by atoms with Crippen LogP contribution < -0.4 is 0 Å². The predicted molar refractivity (Wildman–Crippen MR) is 66.5 cm³/mol. The zero-order valence-electron chi connectivity index (χ0n) is 11.0. The molecule has 1 atom stereocenters. The van der Waals surface area contributed by atoms with Crippen molar-refractivity contribution >= 4 is 0 Å². The van der Waals surface area contributed by atoms with E-state index in [4.69, 9.17) is 0 Å². The first-order valence-corrected chi connectivity index (χ1v) is 6.57. The molecule has 0 amide bonds. The summed E-state index contributed by atoms with van der Waals surface area (Å²) in [6.07, 6.45) is 8.53. The van der Waals surface area contributed by atoms with Crippen LogP contribution in [0.15, 0.2) is 0 Å². The highest BCUT2D eigenvalue weighted by atomic mass is 14.2. The first kappa shape index (κ1) is 14.0. The lowest BCUT2D eigenvalue weighted by molar-refractivity contribution is 0.311. The predicted octanol–water partition coefficient (Wildman–Crippen LogP) is 5.28. The second-order valence-electron chi connectivity index (χ2n) is 5.47. The minimum atomic E-state index is 0.883. The maximum atomic E-state index is 2.38. The van der Waals surface area contributed by atoms with Crippen molar-refractivity contribution in [2.24, 2.45) is 17.8 Å². The fourth-order valence-electron chi connectivity index (χ4n) is 2.07. The molecular weight excluding hydrogens is 168 g/mol. The van der Waals surface area contributed by atoms with Crippen molar-refractivity contribution in [3.05, 3.63) is 0 Å². The van der Waals surface area contributed by atoms with E-state index in [1.54, 1.807) is 0 Å². The van der Waals surface area contributed by atoms with E-state index in [2.05, 4.69) is 34.6 Å². The van der Waals surface area contributed by atoms with Gasteiger partial charge in [0.05, 0.1) is 0 Å². The Labute approximate surface area is 91.5 Å². The fraction of sp³-hybridized carbons (Fsp3) is 1.00. The Morgan fingerprint density at radius 2 is 1.36 bits per heavy atom. The van der Waals surface area contributed by atoms with Gasteiger partial charge in [-0.1, -0.05) is 73.1 Å². The lowest BCUT2D eigenvalue weighted by atomic mass is 9.85. The van der Waals surface area contributed by atoms with Gasteiger partial charge < -0.3 is 0 Å². The third-order valence-corrected chi connectivity index (χ3v) is 3.23. The Morgan fingerprint density at radius 3 is 1.79 bits per heavy atom. The summed E-state index contributed by atoms with van der Waals surface area (Å²) >= 11 is 0. The average molecular weight is 198 g/mol. The fourth-order valence-corrected chi connectivity index (χ4v) is 2.07. The molecule has 0 aromatic rings. The molecule has 0 aliphatic heterocycles. The van der Waals surface area contributed by atoms with E-state index in [1.807, 2.05) is 0 Å². The molecule has 14 heavy (non-hydrogen) atoms. The van der Waals surface area contributed by atoms with Gasteiger partial charge in [0.2, 0.25) is 0 Å². The molecule has 0 radical (unpaired) electrons. The summed E-state index contributed by atoms with van der Waals surface area (Å²) in [6, 6.07) is 0.